The minimum absolute atomic E-state index is 0.317. The molecule has 1 aliphatic heterocycles. The maximum Gasteiger partial charge on any atom is 0.269 e. The van der Waals surface area contributed by atoms with Gasteiger partial charge in [-0.15, -0.1) is 0 Å². The summed E-state index contributed by atoms with van der Waals surface area (Å²) in [5, 5.41) is 11.1. The van der Waals surface area contributed by atoms with Crippen LogP contribution in [-0.2, 0) is 16.2 Å². The van der Waals surface area contributed by atoms with Crippen LogP contribution in [0.4, 0.5) is 10.2 Å². The fourth-order valence-electron chi connectivity index (χ4n) is 2.83. The van der Waals surface area contributed by atoms with Crippen LogP contribution in [0.5, 0.6) is 0 Å². The Morgan fingerprint density at radius 2 is 1.93 bits per heavy atom. The molecular weight excluding hydrogens is 427 g/mol. The molecule has 1 amide bonds. The molecule has 142 valence electrons. The molecule has 0 saturated carbocycles. The summed E-state index contributed by atoms with van der Waals surface area (Å²) >= 11 is 3.41. The van der Waals surface area contributed by atoms with Gasteiger partial charge in [-0.25, -0.2) is 4.39 Å². The van der Waals surface area contributed by atoms with Gasteiger partial charge in [0.2, 0.25) is 6.10 Å². The first kappa shape index (κ1) is 18.4. The van der Waals surface area contributed by atoms with Gasteiger partial charge in [0.25, 0.3) is 5.91 Å². The van der Waals surface area contributed by atoms with Crippen molar-refractivity contribution in [2.24, 2.45) is 5.16 Å². The maximum atomic E-state index is 13.0. The van der Waals surface area contributed by atoms with Gasteiger partial charge in [0, 0.05) is 23.2 Å². The van der Waals surface area contributed by atoms with Gasteiger partial charge >= 0.3 is 0 Å². The second-order valence-electron chi connectivity index (χ2n) is 6.36. The molecule has 1 N–H and O–H groups in total. The van der Waals surface area contributed by atoms with Crippen LogP contribution < -0.4 is 5.32 Å². The number of benzene rings is 2. The first-order valence-corrected chi connectivity index (χ1v) is 9.43. The molecule has 4 rings (SSSR count). The summed E-state index contributed by atoms with van der Waals surface area (Å²) in [7, 11) is 0. The first-order chi connectivity index (χ1) is 13.6. The molecule has 0 radical (unpaired) electrons. The Hall–Kier alpha value is -3.00. The maximum absolute atomic E-state index is 13.0. The summed E-state index contributed by atoms with van der Waals surface area (Å²) in [4.78, 5) is 17.7. The number of nitrogens with zero attached hydrogens (tertiary/aromatic N) is 3. The second kappa shape index (κ2) is 7.93. The van der Waals surface area contributed by atoms with Gasteiger partial charge in [0.1, 0.15) is 5.82 Å². The van der Waals surface area contributed by atoms with E-state index in [1.54, 1.807) is 29.1 Å². The lowest BCUT2D eigenvalue weighted by Crippen LogP contribution is -2.28. The Kier molecular flexibility index (Phi) is 5.21. The number of nitrogens with one attached hydrogen (secondary N) is 1. The average molecular weight is 443 g/mol. The smallest absolute Gasteiger partial charge is 0.269 e. The molecule has 0 saturated heterocycles. The summed E-state index contributed by atoms with van der Waals surface area (Å²) in [5.74, 6) is -0.202. The van der Waals surface area contributed by atoms with Gasteiger partial charge in [-0.1, -0.05) is 45.4 Å². The van der Waals surface area contributed by atoms with Gasteiger partial charge in [0.05, 0.1) is 12.3 Å². The van der Waals surface area contributed by atoms with E-state index in [4.69, 9.17) is 4.84 Å². The Balaban J connectivity index is 1.34. The van der Waals surface area contributed by atoms with Crippen LogP contribution in [-0.4, -0.2) is 27.5 Å². The van der Waals surface area contributed by atoms with Crippen molar-refractivity contribution in [3.05, 3.63) is 82.2 Å². The third kappa shape index (κ3) is 4.28. The van der Waals surface area contributed by atoms with Crippen molar-refractivity contribution in [1.82, 2.24) is 9.78 Å². The SMILES string of the molecule is O=C(Nc1ccn(Cc2ccc(Br)cc2)n1)C1CC(c2ccc(F)cc2)=NO1. The van der Waals surface area contributed by atoms with E-state index in [1.807, 2.05) is 24.3 Å². The van der Waals surface area contributed by atoms with Crippen molar-refractivity contribution in [3.8, 4) is 0 Å². The molecule has 0 bridgehead atoms. The Bertz CT molecular complexity index is 1020. The fraction of sp³-hybridized carbons (Fsp3) is 0.150. The van der Waals surface area contributed by atoms with Gasteiger partial charge < -0.3 is 10.2 Å². The summed E-state index contributed by atoms with van der Waals surface area (Å²) in [6.45, 7) is 0.598. The summed E-state index contributed by atoms with van der Waals surface area (Å²) in [6.07, 6.45) is 1.38. The van der Waals surface area contributed by atoms with Crippen LogP contribution in [0.3, 0.4) is 0 Å². The molecular formula is C20H16BrFN4O2. The molecule has 1 aromatic heterocycles. The molecule has 0 spiro atoms. The summed E-state index contributed by atoms with van der Waals surface area (Å²) in [6, 6.07) is 15.6. The number of carbonyl (C=O) groups is 1. The minimum atomic E-state index is -0.739. The topological polar surface area (TPSA) is 68.5 Å². The Morgan fingerprint density at radius 3 is 2.68 bits per heavy atom. The van der Waals surface area contributed by atoms with Gasteiger partial charge in [-0.2, -0.15) is 5.10 Å². The van der Waals surface area contributed by atoms with Crippen LogP contribution in [0.1, 0.15) is 17.5 Å². The highest BCUT2D eigenvalue weighted by Gasteiger charge is 2.29. The molecule has 6 nitrogen and oxygen atoms in total. The van der Waals surface area contributed by atoms with Gasteiger partial charge in [-0.05, 0) is 35.4 Å². The first-order valence-electron chi connectivity index (χ1n) is 8.64. The molecule has 2 aromatic carbocycles. The monoisotopic (exact) mass is 442 g/mol. The van der Waals surface area contributed by atoms with Crippen molar-refractivity contribution in [2.75, 3.05) is 5.32 Å². The molecule has 1 unspecified atom stereocenters. The van der Waals surface area contributed by atoms with Crippen molar-refractivity contribution in [2.45, 2.75) is 19.1 Å². The molecule has 0 fully saturated rings. The van der Waals surface area contributed by atoms with Crippen LogP contribution in [0.15, 0.2) is 70.4 Å². The van der Waals surface area contributed by atoms with E-state index in [0.29, 0.717) is 24.5 Å². The number of hydrogen-bond acceptors (Lipinski definition) is 4. The molecule has 0 aliphatic carbocycles. The quantitative estimate of drug-likeness (QED) is 0.649. The van der Waals surface area contributed by atoms with Gasteiger partial charge in [0.15, 0.2) is 5.82 Å². The fourth-order valence-corrected chi connectivity index (χ4v) is 3.10. The van der Waals surface area contributed by atoms with Crippen LogP contribution in [0, 0.1) is 5.82 Å². The van der Waals surface area contributed by atoms with Crippen molar-refractivity contribution < 1.29 is 14.0 Å². The molecule has 8 heteroatoms. The van der Waals surface area contributed by atoms with Crippen molar-refractivity contribution in [3.63, 3.8) is 0 Å². The number of hydrogen-bond donors (Lipinski definition) is 1. The van der Waals surface area contributed by atoms with E-state index >= 15 is 0 Å². The number of carbonyl (C=O) groups excluding carboxylic acids is 1. The zero-order valence-corrected chi connectivity index (χ0v) is 16.3. The van der Waals surface area contributed by atoms with E-state index in [2.05, 4.69) is 31.5 Å². The second-order valence-corrected chi connectivity index (χ2v) is 7.27. The highest BCUT2D eigenvalue weighted by atomic mass is 79.9. The predicted molar refractivity (Wildman–Crippen MR) is 107 cm³/mol. The van der Waals surface area contributed by atoms with E-state index in [-0.39, 0.29) is 11.7 Å². The molecule has 3 aromatic rings. The van der Waals surface area contributed by atoms with Crippen LogP contribution in [0.2, 0.25) is 0 Å². The number of amides is 1. The predicted octanol–water partition coefficient (Wildman–Crippen LogP) is 3.96. The zero-order valence-electron chi connectivity index (χ0n) is 14.7. The zero-order chi connectivity index (χ0) is 19.5. The minimum Gasteiger partial charge on any atom is -0.382 e. The van der Waals surface area contributed by atoms with Crippen molar-refractivity contribution >= 4 is 33.4 Å². The summed E-state index contributed by atoms with van der Waals surface area (Å²) < 4.78 is 15.8. The average Bonchev–Trinajstić information content (AvgIpc) is 3.34. The molecule has 1 atom stereocenters. The normalized spacial score (nSPS) is 15.8. The van der Waals surface area contributed by atoms with Crippen LogP contribution >= 0.6 is 15.9 Å². The highest BCUT2D eigenvalue weighted by molar-refractivity contribution is 9.10. The van der Waals surface area contributed by atoms with E-state index in [9.17, 15) is 9.18 Å². The highest BCUT2D eigenvalue weighted by Crippen LogP contribution is 2.19. The number of anilines is 1. The summed E-state index contributed by atoms with van der Waals surface area (Å²) in [5.41, 5.74) is 2.44. The lowest BCUT2D eigenvalue weighted by molar-refractivity contribution is -0.125. The van der Waals surface area contributed by atoms with Crippen molar-refractivity contribution in [1.29, 1.82) is 0 Å². The number of aromatic nitrogens is 2. The van der Waals surface area contributed by atoms with Crippen LogP contribution in [0.25, 0.3) is 0 Å². The lowest BCUT2D eigenvalue weighted by atomic mass is 10.0. The largest absolute Gasteiger partial charge is 0.382 e. The number of oxime groups is 1. The molecule has 1 aliphatic rings. The van der Waals surface area contributed by atoms with E-state index < -0.39 is 6.10 Å². The van der Waals surface area contributed by atoms with E-state index in [1.165, 1.54) is 12.1 Å². The Morgan fingerprint density at radius 1 is 1.18 bits per heavy atom. The third-order valence-electron chi connectivity index (χ3n) is 4.29. The standard InChI is InChI=1S/C20H16BrFN4O2/c21-15-5-1-13(2-6-15)12-26-10-9-19(24-26)23-20(27)18-11-17(25-28-18)14-3-7-16(22)8-4-14/h1-10,18H,11-12H2,(H,23,24,27). The third-order valence-corrected chi connectivity index (χ3v) is 4.82. The number of halogens is 2. The number of rotatable bonds is 5. The van der Waals surface area contributed by atoms with E-state index in [0.717, 1.165) is 15.6 Å². The molecule has 28 heavy (non-hydrogen) atoms. The Labute approximate surface area is 169 Å². The molecule has 2 heterocycles. The van der Waals surface area contributed by atoms with Gasteiger partial charge in [-0.3, -0.25) is 9.48 Å². The lowest BCUT2D eigenvalue weighted by Gasteiger charge is -2.07.